The maximum Gasteiger partial charge on any atom is 0.416 e. The molecule has 274 valence electrons. The van der Waals surface area contributed by atoms with E-state index in [-0.39, 0.29) is 58.9 Å². The fourth-order valence-electron chi connectivity index (χ4n) is 5.64. The van der Waals surface area contributed by atoms with Gasteiger partial charge in [0.2, 0.25) is 5.91 Å². The molecule has 1 aliphatic heterocycles. The van der Waals surface area contributed by atoms with E-state index in [0.717, 1.165) is 46.2 Å². The van der Waals surface area contributed by atoms with Crippen LogP contribution >= 0.6 is 0 Å². The molecule has 0 spiro atoms. The van der Waals surface area contributed by atoms with Crippen LogP contribution in [0.2, 0.25) is 0 Å². The number of halogens is 3. The Hall–Kier alpha value is -6.06. The fraction of sp³-hybridized carbons (Fsp3) is 0.306. The van der Waals surface area contributed by atoms with Crippen LogP contribution in [0.5, 0.6) is 5.75 Å². The van der Waals surface area contributed by atoms with Gasteiger partial charge in [-0.2, -0.15) is 0 Å². The molecule has 0 bridgehead atoms. The molecular formula is C36H36F3N5O8. The molecule has 3 amide bonds. The van der Waals surface area contributed by atoms with Crippen LogP contribution in [0.3, 0.4) is 0 Å². The van der Waals surface area contributed by atoms with Crippen LogP contribution in [0.4, 0.5) is 28.4 Å². The molecule has 2 aromatic heterocycles. The molecule has 1 atom stereocenters. The number of likely N-dealkylation sites (N-methyl/N-ethyl adjacent to an activating group) is 1. The SMILES string of the molecule is CN(C)C(=O)C=CCCC(OC(=O)N1CCCC1)C(=O)Nc1cccn(Cc2cc3cc(F)cc(OCc4ccc(F)cc4F)c3n2C(=O)O)c1=O. The number of benzene rings is 2. The van der Waals surface area contributed by atoms with Crippen molar-refractivity contribution in [1.82, 2.24) is 18.9 Å². The third-order valence-electron chi connectivity index (χ3n) is 8.30. The molecule has 52 heavy (non-hydrogen) atoms. The van der Waals surface area contributed by atoms with Gasteiger partial charge in [-0.05, 0) is 68.2 Å². The van der Waals surface area contributed by atoms with Gasteiger partial charge in [-0.1, -0.05) is 6.08 Å². The maximum atomic E-state index is 14.6. The van der Waals surface area contributed by atoms with E-state index in [9.17, 15) is 42.3 Å². The van der Waals surface area contributed by atoms with Crippen LogP contribution in [-0.2, 0) is 27.5 Å². The number of nitrogens with zero attached hydrogens (tertiary/aromatic N) is 4. The molecule has 1 unspecified atom stereocenters. The topological polar surface area (TPSA) is 152 Å². The van der Waals surface area contributed by atoms with Gasteiger partial charge in [0.05, 0.1) is 12.2 Å². The van der Waals surface area contributed by atoms with Crippen LogP contribution in [-0.4, -0.2) is 81.3 Å². The Balaban J connectivity index is 1.39. The second kappa shape index (κ2) is 16.3. The summed E-state index contributed by atoms with van der Waals surface area (Å²) in [6.45, 7) is 0.141. The van der Waals surface area contributed by atoms with Crippen LogP contribution in [0, 0.1) is 17.5 Å². The molecule has 13 nitrogen and oxygen atoms in total. The molecule has 1 fully saturated rings. The van der Waals surface area contributed by atoms with E-state index in [2.05, 4.69) is 5.32 Å². The molecule has 1 aliphatic rings. The lowest BCUT2D eigenvalue weighted by molar-refractivity contribution is -0.125. The second-order valence-electron chi connectivity index (χ2n) is 12.2. The largest absolute Gasteiger partial charge is 0.486 e. The molecule has 3 heterocycles. The predicted octanol–water partition coefficient (Wildman–Crippen LogP) is 5.34. The van der Waals surface area contributed by atoms with Gasteiger partial charge in [0.25, 0.3) is 11.5 Å². The third-order valence-corrected chi connectivity index (χ3v) is 8.30. The first kappa shape index (κ1) is 37.2. The number of nitrogens with one attached hydrogen (secondary N) is 1. The summed E-state index contributed by atoms with van der Waals surface area (Å²) in [7, 11) is 3.17. The quantitative estimate of drug-likeness (QED) is 0.186. The lowest BCUT2D eigenvalue weighted by atomic mass is 10.1. The Morgan fingerprint density at radius 3 is 2.46 bits per heavy atom. The highest BCUT2D eigenvalue weighted by Gasteiger charge is 2.28. The van der Waals surface area contributed by atoms with Crippen molar-refractivity contribution < 1.29 is 46.9 Å². The van der Waals surface area contributed by atoms with Crippen molar-refractivity contribution in [2.45, 2.75) is 44.9 Å². The fourth-order valence-corrected chi connectivity index (χ4v) is 5.64. The van der Waals surface area contributed by atoms with E-state index in [0.29, 0.717) is 19.2 Å². The molecule has 5 rings (SSSR count). The van der Waals surface area contributed by atoms with Crippen LogP contribution < -0.4 is 15.6 Å². The molecule has 2 N–H and O–H groups in total. The minimum absolute atomic E-state index is 0.0110. The average Bonchev–Trinajstić information content (AvgIpc) is 3.76. The molecular weight excluding hydrogens is 687 g/mol. The summed E-state index contributed by atoms with van der Waals surface area (Å²) in [5, 5.41) is 12.8. The number of carbonyl (C=O) groups is 4. The van der Waals surface area contributed by atoms with E-state index < -0.39 is 53.8 Å². The Bertz CT molecular complexity index is 2090. The number of pyridine rings is 1. The van der Waals surface area contributed by atoms with Crippen LogP contribution in [0.25, 0.3) is 10.9 Å². The standard InChI is InChI=1S/C36H36F3N5O8/c1-41(2)31(45)10-4-3-9-29(52-36(50)42-13-5-6-14-42)33(46)40-28-8-7-15-43(34(28)47)20-26-17-23-16-25(38)19-30(32(23)44(26)35(48)49)51-21-22-11-12-24(37)18-27(22)39/h4,7-8,10-12,15-19,29H,3,5-6,9,13-14,20-21H2,1-2H3,(H,40,46)(H,48,49). The summed E-state index contributed by atoms with van der Waals surface area (Å²) in [5.74, 6) is -3.78. The molecule has 0 aliphatic carbocycles. The Morgan fingerprint density at radius 2 is 1.77 bits per heavy atom. The number of hydrogen-bond donors (Lipinski definition) is 2. The van der Waals surface area contributed by atoms with Gasteiger partial charge in [-0.3, -0.25) is 14.4 Å². The smallest absolute Gasteiger partial charge is 0.416 e. The van der Waals surface area contributed by atoms with Gasteiger partial charge in [0.1, 0.15) is 41.0 Å². The maximum absolute atomic E-state index is 14.6. The number of anilines is 1. The number of carbonyl (C=O) groups excluding carboxylic acids is 3. The number of aromatic nitrogens is 2. The minimum Gasteiger partial charge on any atom is -0.486 e. The first-order chi connectivity index (χ1) is 24.8. The van der Waals surface area contributed by atoms with Gasteiger partial charge in [-0.25, -0.2) is 27.3 Å². The summed E-state index contributed by atoms with van der Waals surface area (Å²) in [6, 6.07) is 8.93. The first-order valence-electron chi connectivity index (χ1n) is 16.3. The average molecular weight is 724 g/mol. The second-order valence-corrected chi connectivity index (χ2v) is 12.2. The van der Waals surface area contributed by atoms with Crippen molar-refractivity contribution in [2.24, 2.45) is 0 Å². The number of likely N-dealkylation sites (tertiary alicyclic amines) is 1. The predicted molar refractivity (Wildman–Crippen MR) is 183 cm³/mol. The van der Waals surface area contributed by atoms with E-state index in [1.54, 1.807) is 20.2 Å². The summed E-state index contributed by atoms with van der Waals surface area (Å²) in [6.07, 6.45) is 2.56. The van der Waals surface area contributed by atoms with Crippen LogP contribution in [0.1, 0.15) is 36.9 Å². The van der Waals surface area contributed by atoms with Crippen molar-refractivity contribution in [1.29, 1.82) is 0 Å². The minimum atomic E-state index is -1.49. The Kier molecular flexibility index (Phi) is 11.7. The zero-order chi connectivity index (χ0) is 37.5. The molecule has 0 saturated carbocycles. The number of ether oxygens (including phenoxy) is 2. The number of allylic oxidation sites excluding steroid dienone is 1. The number of fused-ring (bicyclic) bond motifs is 1. The van der Waals surface area contributed by atoms with Crippen molar-refractivity contribution in [3.63, 3.8) is 0 Å². The summed E-state index contributed by atoms with van der Waals surface area (Å²) in [5.41, 5.74) is -1.03. The summed E-state index contributed by atoms with van der Waals surface area (Å²) < 4.78 is 55.3. The highest BCUT2D eigenvalue weighted by molar-refractivity contribution is 5.96. The lowest BCUT2D eigenvalue weighted by Crippen LogP contribution is -2.39. The van der Waals surface area contributed by atoms with Crippen molar-refractivity contribution >= 4 is 40.6 Å². The molecule has 0 radical (unpaired) electrons. The molecule has 4 aromatic rings. The zero-order valence-corrected chi connectivity index (χ0v) is 28.3. The molecule has 2 aromatic carbocycles. The van der Waals surface area contributed by atoms with Gasteiger partial charge in [-0.15, -0.1) is 0 Å². The van der Waals surface area contributed by atoms with E-state index in [1.165, 1.54) is 40.3 Å². The van der Waals surface area contributed by atoms with Crippen LogP contribution in [0.15, 0.2) is 71.7 Å². The normalized spacial score (nSPS) is 13.4. The van der Waals surface area contributed by atoms with E-state index >= 15 is 0 Å². The van der Waals surface area contributed by atoms with E-state index in [1.807, 2.05) is 0 Å². The van der Waals surface area contributed by atoms with Crippen molar-refractivity contribution in [3.05, 3.63) is 106 Å². The Morgan fingerprint density at radius 1 is 1.02 bits per heavy atom. The van der Waals surface area contributed by atoms with Gasteiger partial charge in [0.15, 0.2) is 6.10 Å². The van der Waals surface area contributed by atoms with Gasteiger partial charge < -0.3 is 34.3 Å². The summed E-state index contributed by atoms with van der Waals surface area (Å²) in [4.78, 5) is 67.1. The zero-order valence-electron chi connectivity index (χ0n) is 28.3. The summed E-state index contributed by atoms with van der Waals surface area (Å²) >= 11 is 0. The van der Waals surface area contributed by atoms with Crippen molar-refractivity contribution in [3.8, 4) is 5.75 Å². The van der Waals surface area contributed by atoms with Crippen molar-refractivity contribution in [2.75, 3.05) is 32.5 Å². The third kappa shape index (κ3) is 8.80. The molecule has 1 saturated heterocycles. The highest BCUT2D eigenvalue weighted by atomic mass is 19.1. The molecule has 16 heteroatoms. The lowest BCUT2D eigenvalue weighted by Gasteiger charge is -2.21. The van der Waals surface area contributed by atoms with E-state index in [4.69, 9.17) is 9.47 Å². The number of rotatable bonds is 12. The number of carboxylic acid groups (broad SMARTS) is 1. The monoisotopic (exact) mass is 723 g/mol. The number of amides is 3. The van der Waals surface area contributed by atoms with Gasteiger partial charge >= 0.3 is 12.2 Å². The highest BCUT2D eigenvalue weighted by Crippen LogP contribution is 2.32. The van der Waals surface area contributed by atoms with Gasteiger partial charge in [0, 0.05) is 56.5 Å². The first-order valence-corrected chi connectivity index (χ1v) is 16.3. The Labute approximate surface area is 295 Å². The number of hydrogen-bond acceptors (Lipinski definition) is 7.